The van der Waals surface area contributed by atoms with Crippen LogP contribution in [-0.4, -0.2) is 57.1 Å². The van der Waals surface area contributed by atoms with E-state index in [-0.39, 0.29) is 36.3 Å². The zero-order valence-corrected chi connectivity index (χ0v) is 29.4. The summed E-state index contributed by atoms with van der Waals surface area (Å²) >= 11 is 0. The second-order valence-electron chi connectivity index (χ2n) is 13.4. The summed E-state index contributed by atoms with van der Waals surface area (Å²) in [6, 6.07) is 37.8. The smallest absolute Gasteiger partial charge is 0.271 e. The van der Waals surface area contributed by atoms with E-state index in [0.717, 1.165) is 64.1 Å². The maximum Gasteiger partial charge on any atom is 0.271 e. The molecule has 3 heterocycles. The van der Waals surface area contributed by atoms with Crippen LogP contribution < -0.4 is 5.32 Å². The molecule has 4 aromatic carbocycles. The van der Waals surface area contributed by atoms with Crippen molar-refractivity contribution in [2.24, 2.45) is 5.92 Å². The number of hydrogen-bond donors (Lipinski definition) is 2. The number of fused-ring (bicyclic) bond motifs is 1. The Labute approximate surface area is 304 Å². The molecule has 6 aromatic rings. The first kappa shape index (κ1) is 35.1. The molecule has 4 atom stereocenters. The molecule has 9 heteroatoms. The number of aliphatic hydroxyl groups excluding tert-OH is 1. The lowest BCUT2D eigenvalue weighted by atomic mass is 9.90. The number of rotatable bonds is 12. The van der Waals surface area contributed by atoms with E-state index in [0.29, 0.717) is 12.1 Å². The number of benzene rings is 4. The monoisotopic (exact) mass is 693 g/mol. The molecular weight excluding hydrogens is 651 g/mol. The molecule has 52 heavy (non-hydrogen) atoms. The van der Waals surface area contributed by atoms with Crippen molar-refractivity contribution >= 4 is 16.9 Å². The van der Waals surface area contributed by atoms with Gasteiger partial charge in [0.15, 0.2) is 6.29 Å². The Hall–Kier alpha value is -5.32. The molecular formula is C43H43N5O4. The summed E-state index contributed by atoms with van der Waals surface area (Å²) in [4.78, 5) is 28.7. The summed E-state index contributed by atoms with van der Waals surface area (Å²) in [6.45, 7) is 4.11. The molecule has 0 spiro atoms. The number of carbonyl (C=O) groups excluding carboxylic acids is 1. The first-order chi connectivity index (χ1) is 25.4. The molecule has 9 nitrogen and oxygen atoms in total. The minimum absolute atomic E-state index is 0.00221. The maximum absolute atomic E-state index is 13.0. The average molecular weight is 694 g/mol. The van der Waals surface area contributed by atoms with E-state index in [1.807, 2.05) is 85.1 Å². The number of ether oxygens (including phenoxy) is 2. The molecule has 0 aliphatic carbocycles. The number of hydrogen-bond acceptors (Lipinski definition) is 8. The van der Waals surface area contributed by atoms with Gasteiger partial charge in [0, 0.05) is 49.4 Å². The number of amides is 1. The van der Waals surface area contributed by atoms with Gasteiger partial charge in [-0.2, -0.15) is 0 Å². The molecule has 2 aromatic heterocycles. The first-order valence-electron chi connectivity index (χ1n) is 17.7. The summed E-state index contributed by atoms with van der Waals surface area (Å²) in [6.07, 6.45) is 3.34. The molecule has 1 amide bonds. The zero-order chi connectivity index (χ0) is 35.9. The van der Waals surface area contributed by atoms with Crippen LogP contribution in [0.4, 0.5) is 0 Å². The van der Waals surface area contributed by atoms with Crippen LogP contribution in [-0.2, 0) is 29.0 Å². The number of nitrogens with zero attached hydrogens (tertiary/aromatic N) is 4. The Bertz CT molecular complexity index is 2090. The van der Waals surface area contributed by atoms with Crippen LogP contribution >= 0.6 is 0 Å². The van der Waals surface area contributed by atoms with Crippen LogP contribution in [0.3, 0.4) is 0 Å². The first-order valence-corrected chi connectivity index (χ1v) is 17.7. The third-order valence-corrected chi connectivity index (χ3v) is 9.72. The lowest BCUT2D eigenvalue weighted by molar-refractivity contribution is -0.275. The van der Waals surface area contributed by atoms with Crippen molar-refractivity contribution < 1.29 is 19.4 Å². The van der Waals surface area contributed by atoms with Crippen molar-refractivity contribution in [3.63, 3.8) is 0 Å². The number of para-hydroxylation sites is 2. The van der Waals surface area contributed by atoms with Gasteiger partial charge in [0.1, 0.15) is 5.69 Å². The molecule has 0 radical (unpaired) electrons. The predicted molar refractivity (Wildman–Crippen MR) is 201 cm³/mol. The van der Waals surface area contributed by atoms with E-state index >= 15 is 0 Å². The predicted octanol–water partition coefficient (Wildman–Crippen LogP) is 7.08. The molecule has 2 N–H and O–H groups in total. The number of pyridine rings is 1. The van der Waals surface area contributed by atoms with Gasteiger partial charge >= 0.3 is 0 Å². The minimum Gasteiger partial charge on any atom is -0.392 e. The van der Waals surface area contributed by atoms with Gasteiger partial charge in [-0.05, 0) is 59.1 Å². The van der Waals surface area contributed by atoms with E-state index in [9.17, 15) is 9.90 Å². The lowest BCUT2D eigenvalue weighted by Crippen LogP contribution is -2.43. The summed E-state index contributed by atoms with van der Waals surface area (Å²) in [7, 11) is 2.12. The largest absolute Gasteiger partial charge is 0.392 e. The van der Waals surface area contributed by atoms with Gasteiger partial charge in [0.05, 0.1) is 36.0 Å². The lowest BCUT2D eigenvalue weighted by Gasteiger charge is -2.42. The maximum atomic E-state index is 13.0. The Kier molecular flexibility index (Phi) is 11.0. The van der Waals surface area contributed by atoms with Gasteiger partial charge in [0.2, 0.25) is 0 Å². The molecule has 1 fully saturated rings. The fourth-order valence-electron chi connectivity index (χ4n) is 6.69. The molecule has 7 rings (SSSR count). The SMILES string of the molecule is C[C@H]1[C@@H](CN(C)CCc2ccccn2)O[C@@H](c2ccc(-c3ccccc3CNC(=O)c3cnc4ccccc4n3)cc2)O[C@H]1c1ccc(CO)cc1. The van der Waals surface area contributed by atoms with Crippen LogP contribution in [0, 0.1) is 5.92 Å². The van der Waals surface area contributed by atoms with Gasteiger partial charge in [-0.15, -0.1) is 0 Å². The summed E-state index contributed by atoms with van der Waals surface area (Å²) < 4.78 is 13.4. The van der Waals surface area contributed by atoms with Gasteiger partial charge in [-0.25, -0.2) is 4.98 Å². The Balaban J connectivity index is 1.07. The fourth-order valence-corrected chi connectivity index (χ4v) is 6.69. The van der Waals surface area contributed by atoms with Crippen LogP contribution in [0.15, 0.2) is 128 Å². The van der Waals surface area contributed by atoms with E-state index in [4.69, 9.17) is 9.47 Å². The van der Waals surface area contributed by atoms with Crippen molar-refractivity contribution in [1.82, 2.24) is 25.2 Å². The minimum atomic E-state index is -0.570. The van der Waals surface area contributed by atoms with E-state index in [2.05, 4.69) is 75.5 Å². The van der Waals surface area contributed by atoms with Crippen molar-refractivity contribution in [3.8, 4) is 11.1 Å². The van der Waals surface area contributed by atoms with Crippen LogP contribution in [0.1, 0.15) is 57.8 Å². The number of aliphatic hydroxyl groups is 1. The highest BCUT2D eigenvalue weighted by Gasteiger charge is 2.38. The van der Waals surface area contributed by atoms with E-state index in [1.54, 1.807) is 0 Å². The molecule has 1 saturated heterocycles. The number of aromatic nitrogens is 3. The van der Waals surface area contributed by atoms with Crippen molar-refractivity contribution in [1.29, 1.82) is 0 Å². The highest BCUT2D eigenvalue weighted by atomic mass is 16.7. The topological polar surface area (TPSA) is 110 Å². The Morgan fingerprint density at radius 1 is 0.827 bits per heavy atom. The number of carbonyl (C=O) groups is 1. The third-order valence-electron chi connectivity index (χ3n) is 9.72. The molecule has 264 valence electrons. The van der Waals surface area contributed by atoms with Gasteiger partial charge in [0.25, 0.3) is 5.91 Å². The van der Waals surface area contributed by atoms with Gasteiger partial charge in [-0.3, -0.25) is 14.8 Å². The zero-order valence-electron chi connectivity index (χ0n) is 29.4. The molecule has 1 aliphatic heterocycles. The number of likely N-dealkylation sites (N-methyl/N-ethyl adjacent to an activating group) is 1. The van der Waals surface area contributed by atoms with Gasteiger partial charge < -0.3 is 24.8 Å². The Morgan fingerprint density at radius 3 is 2.33 bits per heavy atom. The molecule has 0 unspecified atom stereocenters. The van der Waals surface area contributed by atoms with E-state index < -0.39 is 6.29 Å². The summed E-state index contributed by atoms with van der Waals surface area (Å²) in [5.74, 6) is -0.197. The highest BCUT2D eigenvalue weighted by molar-refractivity contribution is 5.93. The van der Waals surface area contributed by atoms with Crippen LogP contribution in [0.25, 0.3) is 22.2 Å². The molecule has 1 aliphatic rings. The summed E-state index contributed by atoms with van der Waals surface area (Å²) in [5, 5.41) is 12.6. The standard InChI is InChI=1S/C43H43N5O4/c1-29-40(27-48(2)24-22-35-10-7-8-23-44-35)51-43(52-41(29)32-16-14-30(28-49)15-17-32)33-20-18-31(19-21-33)36-11-4-3-9-34(36)25-46-42(50)39-26-45-37-12-5-6-13-38(37)47-39/h3-21,23,26,29,40-41,43,49H,22,24-25,27-28H2,1-2H3,(H,46,50)/t29-,40+,41+,43+/m0/s1. The molecule has 0 bridgehead atoms. The fraction of sp³-hybridized carbons (Fsp3) is 0.256. The van der Waals surface area contributed by atoms with Crippen molar-refractivity contribution in [2.75, 3.05) is 20.1 Å². The highest BCUT2D eigenvalue weighted by Crippen LogP contribution is 2.42. The second-order valence-corrected chi connectivity index (χ2v) is 13.4. The van der Waals surface area contributed by atoms with E-state index in [1.165, 1.54) is 6.20 Å². The second kappa shape index (κ2) is 16.4. The van der Waals surface area contributed by atoms with Crippen molar-refractivity contribution in [3.05, 3.63) is 161 Å². The Morgan fingerprint density at radius 2 is 1.56 bits per heavy atom. The van der Waals surface area contributed by atoms with Gasteiger partial charge in [-0.1, -0.05) is 97.9 Å². The normalized spacial score (nSPS) is 18.8. The number of nitrogens with one attached hydrogen (secondary N) is 1. The van der Waals surface area contributed by atoms with Crippen LogP contribution in [0.5, 0.6) is 0 Å². The van der Waals surface area contributed by atoms with Crippen molar-refractivity contribution in [2.45, 2.75) is 45.0 Å². The molecule has 0 saturated carbocycles. The average Bonchev–Trinajstić information content (AvgIpc) is 3.20. The quantitative estimate of drug-likeness (QED) is 0.140. The summed E-state index contributed by atoms with van der Waals surface area (Å²) in [5.41, 5.74) is 8.65. The third kappa shape index (κ3) is 8.25. The van der Waals surface area contributed by atoms with Crippen LogP contribution in [0.2, 0.25) is 0 Å².